The van der Waals surface area contributed by atoms with Crippen LogP contribution in [0.25, 0.3) is 11.0 Å². The molecular weight excluding hydrogens is 324 g/mol. The zero-order valence-corrected chi connectivity index (χ0v) is 17.0. The van der Waals surface area contributed by atoms with Crippen molar-refractivity contribution in [2.24, 2.45) is 10.8 Å². The zero-order valence-electron chi connectivity index (χ0n) is 17.0. The zero-order chi connectivity index (χ0) is 19.4. The standard InChI is InChI=1S/C23H32O3/c1-7-22(3,4)16-23(5,6)12-8-9-13-25-18-10-11-19-17(2)14-21(24)26-20(19)15-18/h8-11,14-15H,7,12-13,16H2,1-6H3/b9-8+. The lowest BCUT2D eigenvalue weighted by Crippen LogP contribution is -2.22. The van der Waals surface area contributed by atoms with Gasteiger partial charge < -0.3 is 9.15 Å². The molecule has 1 aromatic heterocycles. The molecule has 0 spiro atoms. The van der Waals surface area contributed by atoms with E-state index >= 15 is 0 Å². The molecule has 3 heteroatoms. The molecule has 0 aliphatic carbocycles. The second-order valence-corrected chi connectivity index (χ2v) is 8.75. The SMILES string of the molecule is CCC(C)(C)CC(C)(C)C/C=C/COc1ccc2c(C)cc(=O)oc2c1. The van der Waals surface area contributed by atoms with Gasteiger partial charge in [0, 0.05) is 17.5 Å². The van der Waals surface area contributed by atoms with E-state index < -0.39 is 0 Å². The van der Waals surface area contributed by atoms with Crippen molar-refractivity contribution in [2.45, 2.75) is 60.8 Å². The van der Waals surface area contributed by atoms with Gasteiger partial charge in [0.2, 0.25) is 0 Å². The molecule has 0 saturated heterocycles. The molecule has 1 heterocycles. The smallest absolute Gasteiger partial charge is 0.336 e. The van der Waals surface area contributed by atoms with Gasteiger partial charge >= 0.3 is 5.63 Å². The summed E-state index contributed by atoms with van der Waals surface area (Å²) in [6.45, 7) is 14.0. The first-order valence-corrected chi connectivity index (χ1v) is 9.44. The van der Waals surface area contributed by atoms with Crippen LogP contribution in [0, 0.1) is 17.8 Å². The topological polar surface area (TPSA) is 39.4 Å². The number of hydrogen-bond acceptors (Lipinski definition) is 3. The summed E-state index contributed by atoms with van der Waals surface area (Å²) in [7, 11) is 0. The first-order chi connectivity index (χ1) is 12.1. The van der Waals surface area contributed by atoms with Crippen LogP contribution in [-0.4, -0.2) is 6.61 Å². The van der Waals surface area contributed by atoms with Gasteiger partial charge in [-0.05, 0) is 48.3 Å². The van der Waals surface area contributed by atoms with E-state index in [1.165, 1.54) is 18.9 Å². The Bertz CT molecular complexity index is 825. The second-order valence-electron chi connectivity index (χ2n) is 8.75. The number of fused-ring (bicyclic) bond motifs is 1. The van der Waals surface area contributed by atoms with Crippen molar-refractivity contribution in [3.8, 4) is 5.75 Å². The minimum absolute atomic E-state index is 0.278. The van der Waals surface area contributed by atoms with Crippen LogP contribution in [0.4, 0.5) is 0 Å². The minimum Gasteiger partial charge on any atom is -0.489 e. The lowest BCUT2D eigenvalue weighted by molar-refractivity contribution is 0.190. The average molecular weight is 357 g/mol. The largest absolute Gasteiger partial charge is 0.489 e. The fourth-order valence-electron chi connectivity index (χ4n) is 3.50. The van der Waals surface area contributed by atoms with Crippen LogP contribution in [0.2, 0.25) is 0 Å². The normalized spacial score (nSPS) is 12.8. The monoisotopic (exact) mass is 356 g/mol. The third-order valence-electron chi connectivity index (χ3n) is 5.02. The van der Waals surface area contributed by atoms with E-state index in [2.05, 4.69) is 46.8 Å². The molecule has 0 atom stereocenters. The van der Waals surface area contributed by atoms with Gasteiger partial charge in [-0.3, -0.25) is 0 Å². The molecule has 0 N–H and O–H groups in total. The van der Waals surface area contributed by atoms with Crippen molar-refractivity contribution < 1.29 is 9.15 Å². The Hall–Kier alpha value is -2.03. The van der Waals surface area contributed by atoms with Crippen LogP contribution in [0.1, 0.15) is 59.4 Å². The number of aryl methyl sites for hydroxylation is 1. The molecule has 2 aromatic rings. The Balaban J connectivity index is 1.92. The Morgan fingerprint density at radius 2 is 1.81 bits per heavy atom. The lowest BCUT2D eigenvalue weighted by Gasteiger charge is -2.33. The van der Waals surface area contributed by atoms with Crippen molar-refractivity contribution in [2.75, 3.05) is 6.61 Å². The minimum atomic E-state index is -0.329. The van der Waals surface area contributed by atoms with Gasteiger partial charge in [0.1, 0.15) is 17.9 Å². The Morgan fingerprint density at radius 1 is 1.08 bits per heavy atom. The molecule has 0 unspecified atom stereocenters. The van der Waals surface area contributed by atoms with Crippen LogP contribution in [0.15, 0.2) is 45.6 Å². The molecule has 26 heavy (non-hydrogen) atoms. The molecule has 0 saturated carbocycles. The second kappa shape index (κ2) is 8.11. The van der Waals surface area contributed by atoms with Gasteiger partial charge in [0.15, 0.2) is 0 Å². The highest BCUT2D eigenvalue weighted by molar-refractivity contribution is 5.81. The van der Waals surface area contributed by atoms with E-state index in [0.29, 0.717) is 23.4 Å². The number of allylic oxidation sites excluding steroid dienone is 1. The molecule has 0 radical (unpaired) electrons. The van der Waals surface area contributed by atoms with Gasteiger partial charge in [-0.1, -0.05) is 53.2 Å². The molecule has 0 aliphatic heterocycles. The molecule has 0 amide bonds. The van der Waals surface area contributed by atoms with Crippen LogP contribution >= 0.6 is 0 Å². The summed E-state index contributed by atoms with van der Waals surface area (Å²) in [6, 6.07) is 7.14. The number of benzene rings is 1. The van der Waals surface area contributed by atoms with Crippen LogP contribution in [0.5, 0.6) is 5.75 Å². The lowest BCUT2D eigenvalue weighted by atomic mass is 9.72. The van der Waals surface area contributed by atoms with Gasteiger partial charge in [-0.15, -0.1) is 0 Å². The highest BCUT2D eigenvalue weighted by Gasteiger charge is 2.26. The van der Waals surface area contributed by atoms with Crippen LogP contribution < -0.4 is 10.4 Å². The molecule has 0 fully saturated rings. The molecule has 2 rings (SSSR count). The van der Waals surface area contributed by atoms with Crippen molar-refractivity contribution >= 4 is 11.0 Å². The third-order valence-corrected chi connectivity index (χ3v) is 5.02. The number of hydrogen-bond donors (Lipinski definition) is 0. The van der Waals surface area contributed by atoms with Crippen molar-refractivity contribution in [3.63, 3.8) is 0 Å². The molecular formula is C23H32O3. The Morgan fingerprint density at radius 3 is 2.50 bits per heavy atom. The van der Waals surface area contributed by atoms with E-state index in [4.69, 9.17) is 9.15 Å². The average Bonchev–Trinajstić information content (AvgIpc) is 2.53. The summed E-state index contributed by atoms with van der Waals surface area (Å²) in [5.41, 5.74) is 1.81. The van der Waals surface area contributed by atoms with Gasteiger partial charge in [-0.2, -0.15) is 0 Å². The fraction of sp³-hybridized carbons (Fsp3) is 0.522. The first kappa shape index (κ1) is 20.3. The van der Waals surface area contributed by atoms with Gasteiger partial charge in [-0.25, -0.2) is 4.79 Å². The Kier molecular flexibility index (Phi) is 6.33. The fourth-order valence-corrected chi connectivity index (χ4v) is 3.50. The molecule has 1 aromatic carbocycles. The van der Waals surface area contributed by atoms with E-state index in [-0.39, 0.29) is 11.0 Å². The maximum atomic E-state index is 11.5. The van der Waals surface area contributed by atoms with Crippen LogP contribution in [-0.2, 0) is 0 Å². The summed E-state index contributed by atoms with van der Waals surface area (Å²) in [6.07, 6.45) is 7.70. The summed E-state index contributed by atoms with van der Waals surface area (Å²) < 4.78 is 11.0. The maximum absolute atomic E-state index is 11.5. The number of ether oxygens (including phenoxy) is 1. The van der Waals surface area contributed by atoms with E-state index in [1.807, 2.05) is 19.1 Å². The quantitative estimate of drug-likeness (QED) is 0.413. The highest BCUT2D eigenvalue weighted by atomic mass is 16.5. The predicted octanol–water partition coefficient (Wildman–Crippen LogP) is 6.28. The predicted molar refractivity (Wildman–Crippen MR) is 109 cm³/mol. The highest BCUT2D eigenvalue weighted by Crippen LogP contribution is 2.38. The first-order valence-electron chi connectivity index (χ1n) is 9.44. The van der Waals surface area contributed by atoms with Crippen molar-refractivity contribution in [1.29, 1.82) is 0 Å². The number of rotatable bonds is 8. The summed E-state index contributed by atoms with van der Waals surface area (Å²) >= 11 is 0. The summed E-state index contributed by atoms with van der Waals surface area (Å²) in [4.78, 5) is 11.5. The Labute approximate surface area is 157 Å². The van der Waals surface area contributed by atoms with E-state index in [0.717, 1.165) is 17.4 Å². The molecule has 142 valence electrons. The van der Waals surface area contributed by atoms with Crippen molar-refractivity contribution in [1.82, 2.24) is 0 Å². The van der Waals surface area contributed by atoms with Gasteiger partial charge in [0.05, 0.1) is 0 Å². The van der Waals surface area contributed by atoms with E-state index in [9.17, 15) is 4.79 Å². The molecule has 0 aliphatic rings. The summed E-state index contributed by atoms with van der Waals surface area (Å²) in [5, 5.41) is 0.938. The van der Waals surface area contributed by atoms with Crippen molar-refractivity contribution in [3.05, 3.63) is 52.4 Å². The molecule has 3 nitrogen and oxygen atoms in total. The van der Waals surface area contributed by atoms with Crippen LogP contribution in [0.3, 0.4) is 0 Å². The van der Waals surface area contributed by atoms with Gasteiger partial charge in [0.25, 0.3) is 0 Å². The van der Waals surface area contributed by atoms with E-state index in [1.54, 1.807) is 6.07 Å². The third kappa shape index (κ3) is 5.76. The molecule has 0 bridgehead atoms. The maximum Gasteiger partial charge on any atom is 0.336 e. The summed E-state index contributed by atoms with van der Waals surface area (Å²) in [5.74, 6) is 0.710.